The van der Waals surface area contributed by atoms with E-state index in [0.29, 0.717) is 6.61 Å². The molecule has 0 amide bonds. The zero-order chi connectivity index (χ0) is 18.5. The Balaban J connectivity index is 1.56. The monoisotopic (exact) mass is 358 g/mol. The van der Waals surface area contributed by atoms with Crippen LogP contribution in [0, 0.1) is 0 Å². The number of hydrogen-bond donors (Lipinski definition) is 0. The van der Waals surface area contributed by atoms with Crippen molar-refractivity contribution in [3.05, 3.63) is 78.9 Å². The molecule has 0 spiro atoms. The molecule has 0 saturated carbocycles. The van der Waals surface area contributed by atoms with Crippen LogP contribution in [0.2, 0.25) is 0 Å². The van der Waals surface area contributed by atoms with Gasteiger partial charge in [0, 0.05) is 12.1 Å². The van der Waals surface area contributed by atoms with E-state index in [1.165, 1.54) is 0 Å². The van der Waals surface area contributed by atoms with Crippen LogP contribution in [-0.2, 0) is 6.54 Å². The minimum atomic E-state index is 0.665. The van der Waals surface area contributed by atoms with Gasteiger partial charge >= 0.3 is 0 Å². The fourth-order valence-electron chi connectivity index (χ4n) is 3.19. The second-order valence-electron chi connectivity index (χ2n) is 6.32. The van der Waals surface area contributed by atoms with Crippen LogP contribution in [0.15, 0.2) is 78.9 Å². The van der Waals surface area contributed by atoms with Crippen LogP contribution in [0.3, 0.4) is 0 Å². The molecule has 0 bridgehead atoms. The number of methoxy groups -OCH3 is 1. The molecular weight excluding hydrogens is 336 g/mol. The number of nitrogens with zero attached hydrogens (tertiary/aromatic N) is 2. The van der Waals surface area contributed by atoms with Crippen LogP contribution in [0.1, 0.15) is 6.42 Å². The van der Waals surface area contributed by atoms with Crippen molar-refractivity contribution in [1.82, 2.24) is 9.55 Å². The van der Waals surface area contributed by atoms with Crippen molar-refractivity contribution in [3.8, 4) is 22.9 Å². The molecule has 0 fully saturated rings. The van der Waals surface area contributed by atoms with Crippen LogP contribution in [0.5, 0.6) is 11.5 Å². The molecule has 1 aromatic heterocycles. The van der Waals surface area contributed by atoms with Gasteiger partial charge in [0.05, 0.1) is 24.8 Å². The van der Waals surface area contributed by atoms with E-state index >= 15 is 0 Å². The quantitative estimate of drug-likeness (QED) is 0.427. The summed E-state index contributed by atoms with van der Waals surface area (Å²) in [5, 5.41) is 0. The Morgan fingerprint density at radius 3 is 2.33 bits per heavy atom. The van der Waals surface area contributed by atoms with E-state index in [1.807, 2.05) is 48.5 Å². The van der Waals surface area contributed by atoms with Crippen molar-refractivity contribution in [1.29, 1.82) is 0 Å². The minimum Gasteiger partial charge on any atom is -0.497 e. The number of aryl methyl sites for hydroxylation is 1. The molecule has 0 radical (unpaired) electrons. The molecule has 0 aliphatic carbocycles. The highest BCUT2D eigenvalue weighted by Crippen LogP contribution is 2.26. The van der Waals surface area contributed by atoms with Crippen LogP contribution in [0.25, 0.3) is 22.4 Å². The summed E-state index contributed by atoms with van der Waals surface area (Å²) in [4.78, 5) is 4.86. The number of ether oxygens (including phenoxy) is 2. The Labute approximate surface area is 159 Å². The van der Waals surface area contributed by atoms with Gasteiger partial charge < -0.3 is 14.0 Å². The van der Waals surface area contributed by atoms with Crippen molar-refractivity contribution in [2.75, 3.05) is 13.7 Å². The molecule has 4 heteroatoms. The third-order valence-corrected chi connectivity index (χ3v) is 4.54. The maximum atomic E-state index is 5.84. The van der Waals surface area contributed by atoms with E-state index in [-0.39, 0.29) is 0 Å². The predicted molar refractivity (Wildman–Crippen MR) is 108 cm³/mol. The Hall–Kier alpha value is -3.27. The lowest BCUT2D eigenvalue weighted by atomic mass is 10.2. The normalized spacial score (nSPS) is 10.9. The van der Waals surface area contributed by atoms with Crippen molar-refractivity contribution >= 4 is 11.0 Å². The van der Waals surface area contributed by atoms with E-state index in [0.717, 1.165) is 46.9 Å². The smallest absolute Gasteiger partial charge is 0.141 e. The molecule has 4 nitrogen and oxygen atoms in total. The highest BCUT2D eigenvalue weighted by Gasteiger charge is 2.12. The summed E-state index contributed by atoms with van der Waals surface area (Å²) in [5.41, 5.74) is 3.23. The Morgan fingerprint density at radius 1 is 0.815 bits per heavy atom. The van der Waals surface area contributed by atoms with Gasteiger partial charge in [0.2, 0.25) is 0 Å². The molecule has 0 atom stereocenters. The van der Waals surface area contributed by atoms with Gasteiger partial charge in [-0.15, -0.1) is 0 Å². The fraction of sp³-hybridized carbons (Fsp3) is 0.174. The molecule has 27 heavy (non-hydrogen) atoms. The van der Waals surface area contributed by atoms with Gasteiger partial charge in [-0.05, 0) is 55.0 Å². The van der Waals surface area contributed by atoms with E-state index in [2.05, 4.69) is 34.9 Å². The largest absolute Gasteiger partial charge is 0.497 e. The van der Waals surface area contributed by atoms with Crippen LogP contribution in [-0.4, -0.2) is 23.3 Å². The van der Waals surface area contributed by atoms with Crippen molar-refractivity contribution in [3.63, 3.8) is 0 Å². The van der Waals surface area contributed by atoms with E-state index in [9.17, 15) is 0 Å². The van der Waals surface area contributed by atoms with Crippen molar-refractivity contribution in [2.45, 2.75) is 13.0 Å². The number of para-hydroxylation sites is 3. The number of benzene rings is 3. The standard InChI is InChI=1S/C23H22N2O2/c1-26-19-14-12-18(13-15-19)23-24-21-10-5-6-11-22(21)25(23)16-7-17-27-20-8-3-2-4-9-20/h2-6,8-15H,7,16-17H2,1H3. The second kappa shape index (κ2) is 7.96. The summed E-state index contributed by atoms with van der Waals surface area (Å²) in [5.74, 6) is 2.72. The van der Waals surface area contributed by atoms with Gasteiger partial charge in [0.25, 0.3) is 0 Å². The fourth-order valence-corrected chi connectivity index (χ4v) is 3.19. The number of fused-ring (bicyclic) bond motifs is 1. The average Bonchev–Trinajstić information content (AvgIpc) is 3.11. The Morgan fingerprint density at radius 2 is 1.56 bits per heavy atom. The number of aromatic nitrogens is 2. The predicted octanol–water partition coefficient (Wildman–Crippen LogP) is 5.18. The maximum absolute atomic E-state index is 5.84. The zero-order valence-electron chi connectivity index (χ0n) is 15.3. The Kier molecular flexibility index (Phi) is 5.06. The van der Waals surface area contributed by atoms with Crippen molar-refractivity contribution < 1.29 is 9.47 Å². The SMILES string of the molecule is COc1ccc(-c2nc3ccccc3n2CCCOc2ccccc2)cc1. The molecule has 0 unspecified atom stereocenters. The highest BCUT2D eigenvalue weighted by molar-refractivity contribution is 5.80. The molecule has 0 aliphatic rings. The summed E-state index contributed by atoms with van der Waals surface area (Å²) in [7, 11) is 1.68. The van der Waals surface area contributed by atoms with Gasteiger partial charge in [0.15, 0.2) is 0 Å². The maximum Gasteiger partial charge on any atom is 0.141 e. The summed E-state index contributed by atoms with van der Waals surface area (Å²) < 4.78 is 13.4. The second-order valence-corrected chi connectivity index (χ2v) is 6.32. The van der Waals surface area contributed by atoms with Gasteiger partial charge in [0.1, 0.15) is 17.3 Å². The highest BCUT2D eigenvalue weighted by atomic mass is 16.5. The third kappa shape index (κ3) is 3.80. The lowest BCUT2D eigenvalue weighted by Gasteiger charge is -2.11. The van der Waals surface area contributed by atoms with Gasteiger partial charge in [-0.25, -0.2) is 4.98 Å². The first-order valence-corrected chi connectivity index (χ1v) is 9.13. The van der Waals surface area contributed by atoms with E-state index in [4.69, 9.17) is 14.5 Å². The summed E-state index contributed by atoms with van der Waals surface area (Å²) in [6.07, 6.45) is 0.901. The average molecular weight is 358 g/mol. The third-order valence-electron chi connectivity index (χ3n) is 4.54. The molecule has 4 aromatic rings. The number of hydrogen-bond acceptors (Lipinski definition) is 3. The molecule has 4 rings (SSSR count). The lowest BCUT2D eigenvalue weighted by Crippen LogP contribution is -2.06. The van der Waals surface area contributed by atoms with Gasteiger partial charge in [-0.1, -0.05) is 30.3 Å². The minimum absolute atomic E-state index is 0.665. The van der Waals surface area contributed by atoms with Crippen molar-refractivity contribution in [2.24, 2.45) is 0 Å². The Bertz CT molecular complexity index is 1010. The molecule has 0 N–H and O–H groups in total. The first kappa shape index (κ1) is 17.2. The van der Waals surface area contributed by atoms with Gasteiger partial charge in [-0.3, -0.25) is 0 Å². The van der Waals surface area contributed by atoms with Crippen LogP contribution >= 0.6 is 0 Å². The zero-order valence-corrected chi connectivity index (χ0v) is 15.3. The molecular formula is C23H22N2O2. The number of rotatable bonds is 7. The number of imidazole rings is 1. The van der Waals surface area contributed by atoms with Gasteiger partial charge in [-0.2, -0.15) is 0 Å². The first-order chi connectivity index (χ1) is 13.3. The topological polar surface area (TPSA) is 36.3 Å². The molecule has 136 valence electrons. The van der Waals surface area contributed by atoms with Crippen LogP contribution < -0.4 is 9.47 Å². The summed E-state index contributed by atoms with van der Waals surface area (Å²) >= 11 is 0. The van der Waals surface area contributed by atoms with E-state index < -0.39 is 0 Å². The first-order valence-electron chi connectivity index (χ1n) is 9.13. The lowest BCUT2D eigenvalue weighted by molar-refractivity contribution is 0.303. The molecule has 0 saturated heterocycles. The summed E-state index contributed by atoms with van der Waals surface area (Å²) in [6, 6.07) is 26.2. The van der Waals surface area contributed by atoms with E-state index in [1.54, 1.807) is 7.11 Å². The molecule has 0 aliphatic heterocycles. The molecule has 3 aromatic carbocycles. The van der Waals surface area contributed by atoms with Crippen LogP contribution in [0.4, 0.5) is 0 Å². The molecule has 1 heterocycles. The summed E-state index contributed by atoms with van der Waals surface area (Å²) in [6.45, 7) is 1.51.